The van der Waals surface area contributed by atoms with Crippen molar-refractivity contribution in [1.82, 2.24) is 10.3 Å². The van der Waals surface area contributed by atoms with Crippen LogP contribution in [0, 0.1) is 0 Å². The van der Waals surface area contributed by atoms with Crippen LogP contribution in [0.25, 0.3) is 0 Å². The van der Waals surface area contributed by atoms with Gasteiger partial charge in [0.1, 0.15) is 11.6 Å². The smallest absolute Gasteiger partial charge is 0.251 e. The van der Waals surface area contributed by atoms with Crippen LogP contribution >= 0.6 is 0 Å². The monoisotopic (exact) mass is 368 g/mol. The predicted molar refractivity (Wildman–Crippen MR) is 109 cm³/mol. The van der Waals surface area contributed by atoms with Gasteiger partial charge in [-0.25, -0.2) is 4.98 Å². The quantitative estimate of drug-likeness (QED) is 0.879. The molecule has 6 heteroatoms. The SMILES string of the molecule is CCNC(=O)c1ccnc(N2CCN(c3ccc(OC)cc3)C(C)(C)C2)c1. The Balaban J connectivity index is 1.77. The highest BCUT2D eigenvalue weighted by Gasteiger charge is 2.34. The summed E-state index contributed by atoms with van der Waals surface area (Å²) < 4.78 is 5.26. The Bertz CT molecular complexity index is 789. The molecule has 2 aromatic rings. The number of nitrogens with zero attached hydrogens (tertiary/aromatic N) is 3. The normalized spacial score (nSPS) is 16.1. The Morgan fingerprint density at radius 2 is 1.96 bits per heavy atom. The maximum atomic E-state index is 12.1. The van der Waals surface area contributed by atoms with Gasteiger partial charge in [-0.05, 0) is 57.2 Å². The van der Waals surface area contributed by atoms with E-state index in [0.29, 0.717) is 12.1 Å². The van der Waals surface area contributed by atoms with Crippen LogP contribution in [-0.4, -0.2) is 49.7 Å². The van der Waals surface area contributed by atoms with Crippen molar-refractivity contribution in [3.05, 3.63) is 48.2 Å². The molecule has 1 aliphatic heterocycles. The molecule has 0 spiro atoms. The van der Waals surface area contributed by atoms with Crippen LogP contribution in [0.3, 0.4) is 0 Å². The lowest BCUT2D eigenvalue weighted by Crippen LogP contribution is -2.60. The lowest BCUT2D eigenvalue weighted by atomic mass is 9.97. The van der Waals surface area contributed by atoms with Gasteiger partial charge >= 0.3 is 0 Å². The molecule has 1 amide bonds. The fourth-order valence-electron chi connectivity index (χ4n) is 3.59. The molecule has 0 aliphatic carbocycles. The maximum Gasteiger partial charge on any atom is 0.251 e. The number of benzene rings is 1. The van der Waals surface area contributed by atoms with E-state index in [9.17, 15) is 4.79 Å². The molecule has 1 aromatic carbocycles. The molecule has 1 fully saturated rings. The summed E-state index contributed by atoms with van der Waals surface area (Å²) in [5.41, 5.74) is 1.76. The van der Waals surface area contributed by atoms with Crippen molar-refractivity contribution in [3.63, 3.8) is 0 Å². The van der Waals surface area contributed by atoms with Crippen molar-refractivity contribution in [1.29, 1.82) is 0 Å². The van der Waals surface area contributed by atoms with Gasteiger partial charge in [0.05, 0.1) is 12.6 Å². The van der Waals surface area contributed by atoms with E-state index in [1.165, 1.54) is 5.69 Å². The zero-order chi connectivity index (χ0) is 19.4. The minimum Gasteiger partial charge on any atom is -0.497 e. The Hall–Kier alpha value is -2.76. The number of methoxy groups -OCH3 is 1. The van der Waals surface area contributed by atoms with E-state index in [2.05, 4.69) is 46.1 Å². The van der Waals surface area contributed by atoms with Gasteiger partial charge in [-0.1, -0.05) is 0 Å². The number of carbonyl (C=O) groups is 1. The number of rotatable bonds is 5. The van der Waals surface area contributed by atoms with Crippen molar-refractivity contribution in [2.45, 2.75) is 26.3 Å². The molecule has 0 unspecified atom stereocenters. The zero-order valence-electron chi connectivity index (χ0n) is 16.5. The third-order valence-electron chi connectivity index (χ3n) is 4.96. The van der Waals surface area contributed by atoms with Gasteiger partial charge in [0.25, 0.3) is 5.91 Å². The number of nitrogens with one attached hydrogen (secondary N) is 1. The zero-order valence-corrected chi connectivity index (χ0v) is 16.5. The van der Waals surface area contributed by atoms with E-state index >= 15 is 0 Å². The van der Waals surface area contributed by atoms with Crippen LogP contribution in [0.5, 0.6) is 5.75 Å². The van der Waals surface area contributed by atoms with Crippen molar-refractivity contribution in [2.75, 3.05) is 43.1 Å². The van der Waals surface area contributed by atoms with Gasteiger partial charge in [-0.15, -0.1) is 0 Å². The third kappa shape index (κ3) is 4.15. The summed E-state index contributed by atoms with van der Waals surface area (Å²) in [6.07, 6.45) is 1.71. The topological polar surface area (TPSA) is 57.7 Å². The summed E-state index contributed by atoms with van der Waals surface area (Å²) in [6.45, 7) is 9.55. The Morgan fingerprint density at radius 1 is 1.22 bits per heavy atom. The molecular formula is C21H28N4O2. The lowest BCUT2D eigenvalue weighted by molar-refractivity contribution is 0.0955. The average Bonchev–Trinajstić information content (AvgIpc) is 2.67. The van der Waals surface area contributed by atoms with Crippen molar-refractivity contribution >= 4 is 17.4 Å². The van der Waals surface area contributed by atoms with Gasteiger partial charge in [0, 0.05) is 43.6 Å². The number of amides is 1. The molecule has 1 aliphatic rings. The summed E-state index contributed by atoms with van der Waals surface area (Å²) >= 11 is 0. The number of ether oxygens (including phenoxy) is 1. The van der Waals surface area contributed by atoms with Gasteiger partial charge < -0.3 is 19.9 Å². The van der Waals surface area contributed by atoms with E-state index < -0.39 is 0 Å². The minimum absolute atomic E-state index is 0.0581. The molecule has 0 saturated carbocycles. The van der Waals surface area contributed by atoms with Gasteiger partial charge in [-0.3, -0.25) is 4.79 Å². The Labute approximate surface area is 161 Å². The summed E-state index contributed by atoms with van der Waals surface area (Å²) in [6, 6.07) is 11.8. The van der Waals surface area contributed by atoms with Crippen molar-refractivity contribution < 1.29 is 9.53 Å². The first-order valence-corrected chi connectivity index (χ1v) is 9.35. The summed E-state index contributed by atoms with van der Waals surface area (Å²) in [5.74, 6) is 1.65. The average molecular weight is 368 g/mol. The van der Waals surface area contributed by atoms with Gasteiger partial charge in [0.15, 0.2) is 0 Å². The van der Waals surface area contributed by atoms with Gasteiger partial charge in [-0.2, -0.15) is 0 Å². The molecular weight excluding hydrogens is 340 g/mol. The third-order valence-corrected chi connectivity index (χ3v) is 4.96. The first-order chi connectivity index (χ1) is 12.9. The second-order valence-electron chi connectivity index (χ2n) is 7.35. The van der Waals surface area contributed by atoms with Crippen LogP contribution in [0.4, 0.5) is 11.5 Å². The minimum atomic E-state index is -0.0732. The highest BCUT2D eigenvalue weighted by molar-refractivity contribution is 5.94. The fourth-order valence-corrected chi connectivity index (χ4v) is 3.59. The molecule has 1 saturated heterocycles. The number of carbonyl (C=O) groups excluding carboxylic acids is 1. The molecule has 6 nitrogen and oxygen atoms in total. The van der Waals surface area contributed by atoms with Crippen molar-refractivity contribution in [3.8, 4) is 5.75 Å². The molecule has 1 N–H and O–H groups in total. The highest BCUT2D eigenvalue weighted by atomic mass is 16.5. The number of anilines is 2. The van der Waals surface area contributed by atoms with E-state index in [4.69, 9.17) is 4.74 Å². The molecule has 144 valence electrons. The second kappa shape index (κ2) is 7.86. The fraction of sp³-hybridized carbons (Fsp3) is 0.429. The number of hydrogen-bond donors (Lipinski definition) is 1. The molecule has 3 rings (SSSR count). The van der Waals surface area contributed by atoms with Crippen LogP contribution in [-0.2, 0) is 0 Å². The van der Waals surface area contributed by atoms with Crippen LogP contribution in [0.15, 0.2) is 42.6 Å². The van der Waals surface area contributed by atoms with Crippen LogP contribution in [0.1, 0.15) is 31.1 Å². The highest BCUT2D eigenvalue weighted by Crippen LogP contribution is 2.31. The summed E-state index contributed by atoms with van der Waals surface area (Å²) in [7, 11) is 1.68. The molecule has 0 atom stereocenters. The number of hydrogen-bond acceptors (Lipinski definition) is 5. The Morgan fingerprint density at radius 3 is 2.59 bits per heavy atom. The Kier molecular flexibility index (Phi) is 5.54. The first kappa shape index (κ1) is 19.0. The lowest BCUT2D eigenvalue weighted by Gasteiger charge is -2.49. The standard InChI is InChI=1S/C21H28N4O2/c1-5-22-20(26)16-10-11-23-19(14-16)24-12-13-25(21(2,3)15-24)17-6-8-18(27-4)9-7-17/h6-11,14H,5,12-13,15H2,1-4H3,(H,22,26). The largest absolute Gasteiger partial charge is 0.497 e. The number of pyridine rings is 1. The van der Waals surface area contributed by atoms with E-state index in [1.54, 1.807) is 19.4 Å². The molecule has 1 aromatic heterocycles. The molecule has 27 heavy (non-hydrogen) atoms. The van der Waals surface area contributed by atoms with E-state index in [1.807, 2.05) is 25.1 Å². The number of piperazine rings is 1. The van der Waals surface area contributed by atoms with Crippen LogP contribution < -0.4 is 19.9 Å². The van der Waals surface area contributed by atoms with E-state index in [0.717, 1.165) is 31.2 Å². The first-order valence-electron chi connectivity index (χ1n) is 9.35. The molecule has 2 heterocycles. The number of aromatic nitrogens is 1. The van der Waals surface area contributed by atoms with Crippen molar-refractivity contribution in [2.24, 2.45) is 0 Å². The summed E-state index contributed by atoms with van der Waals surface area (Å²) in [4.78, 5) is 21.3. The van der Waals surface area contributed by atoms with Crippen LogP contribution in [0.2, 0.25) is 0 Å². The molecule has 0 bridgehead atoms. The predicted octanol–water partition coefficient (Wildman–Crippen LogP) is 2.95. The maximum absolute atomic E-state index is 12.1. The van der Waals surface area contributed by atoms with E-state index in [-0.39, 0.29) is 11.4 Å². The second-order valence-corrected chi connectivity index (χ2v) is 7.35. The molecule has 0 radical (unpaired) electrons. The summed E-state index contributed by atoms with van der Waals surface area (Å²) in [5, 5.41) is 2.84. The van der Waals surface area contributed by atoms with Gasteiger partial charge in [0.2, 0.25) is 0 Å².